The Morgan fingerprint density at radius 1 is 1.22 bits per heavy atom. The topological polar surface area (TPSA) is 77.2 Å². The fourth-order valence-electron chi connectivity index (χ4n) is 3.84. The second kappa shape index (κ2) is 9.90. The monoisotopic (exact) mass is 542 g/mol. The van der Waals surface area contributed by atoms with E-state index >= 15 is 0 Å². The zero-order valence-electron chi connectivity index (χ0n) is 19.1. The quantitative estimate of drug-likeness (QED) is 0.263. The van der Waals surface area contributed by atoms with Crippen LogP contribution in [0.15, 0.2) is 30.1 Å². The predicted molar refractivity (Wildman–Crippen MR) is 128 cm³/mol. The molecule has 8 nitrogen and oxygen atoms in total. The van der Waals surface area contributed by atoms with Gasteiger partial charge in [-0.2, -0.15) is 10.2 Å². The van der Waals surface area contributed by atoms with E-state index in [1.54, 1.807) is 43.0 Å². The van der Waals surface area contributed by atoms with Crippen LogP contribution >= 0.6 is 23.8 Å². The maximum atomic E-state index is 13.6. The van der Waals surface area contributed by atoms with Gasteiger partial charge in [-0.1, -0.05) is 17.7 Å². The third-order valence-corrected chi connectivity index (χ3v) is 6.08. The van der Waals surface area contributed by atoms with Crippen molar-refractivity contribution in [2.45, 2.75) is 26.3 Å². The molecule has 0 bridgehead atoms. The highest BCUT2D eigenvalue weighted by Crippen LogP contribution is 2.36. The number of thiocarbonyl (C=S) groups is 1. The average Bonchev–Trinajstić information content (AvgIpc) is 3.40. The van der Waals surface area contributed by atoms with Gasteiger partial charge in [-0.05, 0) is 42.9 Å². The lowest BCUT2D eigenvalue weighted by molar-refractivity contribution is -0.113. The Balaban J connectivity index is 1.69. The zero-order valence-corrected chi connectivity index (χ0v) is 20.7. The van der Waals surface area contributed by atoms with E-state index in [4.69, 9.17) is 28.6 Å². The van der Waals surface area contributed by atoms with Crippen molar-refractivity contribution in [3.8, 4) is 5.75 Å². The molecule has 0 aliphatic carbocycles. The minimum atomic E-state index is -3.13. The van der Waals surface area contributed by atoms with Gasteiger partial charge >= 0.3 is 0 Å². The first-order valence-corrected chi connectivity index (χ1v) is 11.2. The minimum absolute atomic E-state index is 0.170. The molecular weight excluding hydrogens is 524 g/mol. The number of rotatable bonds is 7. The van der Waals surface area contributed by atoms with Gasteiger partial charge in [0.2, 0.25) is 0 Å². The van der Waals surface area contributed by atoms with Crippen molar-refractivity contribution in [1.29, 1.82) is 0 Å². The van der Waals surface area contributed by atoms with Crippen molar-refractivity contribution in [2.75, 3.05) is 12.0 Å². The van der Waals surface area contributed by atoms with Gasteiger partial charge in [0.1, 0.15) is 22.8 Å². The lowest BCUT2D eigenvalue weighted by Gasteiger charge is -2.12. The van der Waals surface area contributed by atoms with Crippen LogP contribution in [0.25, 0.3) is 6.08 Å². The molecule has 1 saturated heterocycles. The van der Waals surface area contributed by atoms with Gasteiger partial charge in [-0.15, -0.1) is 0 Å². The van der Waals surface area contributed by atoms with E-state index in [0.717, 1.165) is 4.68 Å². The van der Waals surface area contributed by atoms with Crippen LogP contribution in [0.5, 0.6) is 5.75 Å². The van der Waals surface area contributed by atoms with Crippen molar-refractivity contribution in [2.24, 2.45) is 7.05 Å². The number of aromatic nitrogens is 4. The summed E-state index contributed by atoms with van der Waals surface area (Å²) in [5.74, 6) is -0.106. The molecule has 1 aliphatic heterocycles. The van der Waals surface area contributed by atoms with Crippen molar-refractivity contribution in [1.82, 2.24) is 24.9 Å². The van der Waals surface area contributed by atoms with Gasteiger partial charge in [0.15, 0.2) is 5.11 Å². The van der Waals surface area contributed by atoms with Gasteiger partial charge in [-0.25, -0.2) is 22.5 Å². The molecule has 3 heterocycles. The molecule has 190 valence electrons. The summed E-state index contributed by atoms with van der Waals surface area (Å²) in [6, 6.07) is 4.76. The maximum Gasteiger partial charge on any atom is 0.283 e. The van der Waals surface area contributed by atoms with Crippen LogP contribution in [-0.2, 0) is 18.4 Å². The molecule has 1 N–H and O–H groups in total. The number of alkyl halides is 4. The smallest absolute Gasteiger partial charge is 0.283 e. The number of halogens is 5. The number of hydrogen-bond acceptors (Lipinski definition) is 5. The maximum absolute atomic E-state index is 13.6. The molecule has 1 fully saturated rings. The summed E-state index contributed by atoms with van der Waals surface area (Å²) in [7, 11) is 3.10. The summed E-state index contributed by atoms with van der Waals surface area (Å²) in [4.78, 5) is 14.4. The fourth-order valence-corrected chi connectivity index (χ4v) is 4.43. The number of aryl methyl sites for hydroxylation is 2. The number of benzene rings is 1. The Labute approximate surface area is 213 Å². The van der Waals surface area contributed by atoms with Crippen molar-refractivity contribution in [3.05, 3.63) is 63.3 Å². The molecule has 0 spiro atoms. The number of amides is 1. The normalized spacial score (nSPS) is 15.1. The highest BCUT2D eigenvalue weighted by molar-refractivity contribution is 7.80. The second-order valence-corrected chi connectivity index (χ2v) is 8.58. The van der Waals surface area contributed by atoms with E-state index in [1.165, 1.54) is 18.1 Å². The molecule has 3 aromatic rings. The summed E-state index contributed by atoms with van der Waals surface area (Å²) in [5, 5.41) is 10.1. The molecule has 2 aromatic heterocycles. The molecule has 1 aromatic carbocycles. The standard InChI is InChI=1S/C22H19ClF4N6O2S/c1-10-14(9-31(2)29-10)33-21(34)13(28-22(33)36)7-11-4-5-15(35-3)12(6-11)8-32-18(20(26)27)16(23)17(30-32)19(24)25/h4-7,9,19-20H,8H2,1-3H3,(H,28,36)/b13-7+. The van der Waals surface area contributed by atoms with E-state index < -0.39 is 35.2 Å². The highest BCUT2D eigenvalue weighted by atomic mass is 35.5. The molecule has 36 heavy (non-hydrogen) atoms. The summed E-state index contributed by atoms with van der Waals surface area (Å²) in [5.41, 5.74) is 0.418. The fraction of sp³-hybridized carbons (Fsp3) is 0.273. The number of carbonyl (C=O) groups is 1. The van der Waals surface area contributed by atoms with Crippen LogP contribution in [-0.4, -0.2) is 37.7 Å². The molecule has 14 heteroatoms. The van der Waals surface area contributed by atoms with Crippen LogP contribution in [0.3, 0.4) is 0 Å². The van der Waals surface area contributed by atoms with E-state index in [-0.39, 0.29) is 17.4 Å². The molecule has 0 unspecified atom stereocenters. The van der Waals surface area contributed by atoms with Crippen LogP contribution in [0.1, 0.15) is 41.1 Å². The van der Waals surface area contributed by atoms with Gasteiger partial charge in [0, 0.05) is 18.8 Å². The molecule has 1 aliphatic rings. The van der Waals surface area contributed by atoms with Crippen LogP contribution in [0.2, 0.25) is 5.02 Å². The van der Waals surface area contributed by atoms with Gasteiger partial charge in [0.25, 0.3) is 18.8 Å². The van der Waals surface area contributed by atoms with Gasteiger partial charge in [0.05, 0.1) is 30.1 Å². The Kier molecular flexibility index (Phi) is 7.05. The molecule has 0 radical (unpaired) electrons. The number of ether oxygens (including phenoxy) is 1. The molecule has 4 rings (SSSR count). The largest absolute Gasteiger partial charge is 0.496 e. The van der Waals surface area contributed by atoms with Crippen LogP contribution in [0.4, 0.5) is 23.2 Å². The van der Waals surface area contributed by atoms with Crippen molar-refractivity contribution < 1.29 is 27.1 Å². The molecule has 1 amide bonds. The van der Waals surface area contributed by atoms with Gasteiger partial charge in [-0.3, -0.25) is 14.2 Å². The molecule has 0 saturated carbocycles. The summed E-state index contributed by atoms with van der Waals surface area (Å²) in [6.45, 7) is 1.42. The lowest BCUT2D eigenvalue weighted by Crippen LogP contribution is -2.30. The Morgan fingerprint density at radius 2 is 1.94 bits per heavy atom. The second-order valence-electron chi connectivity index (χ2n) is 7.82. The summed E-state index contributed by atoms with van der Waals surface area (Å²) >= 11 is 11.1. The Bertz CT molecular complexity index is 1390. The number of nitrogens with one attached hydrogen (secondary N) is 1. The van der Waals surface area contributed by atoms with Crippen molar-refractivity contribution >= 4 is 46.6 Å². The van der Waals surface area contributed by atoms with Crippen molar-refractivity contribution in [3.63, 3.8) is 0 Å². The van der Waals surface area contributed by atoms with E-state index in [2.05, 4.69) is 15.5 Å². The van der Waals surface area contributed by atoms with Crippen LogP contribution in [0, 0.1) is 6.92 Å². The minimum Gasteiger partial charge on any atom is -0.496 e. The highest BCUT2D eigenvalue weighted by Gasteiger charge is 2.34. The Morgan fingerprint density at radius 3 is 2.53 bits per heavy atom. The average molecular weight is 543 g/mol. The first kappa shape index (κ1) is 25.6. The number of nitrogens with zero attached hydrogens (tertiary/aromatic N) is 5. The lowest BCUT2D eigenvalue weighted by atomic mass is 10.1. The SMILES string of the molecule is COc1ccc(/C=C2/NC(=S)N(c3cn(C)nc3C)C2=O)cc1Cn1nc(C(F)F)c(Cl)c1C(F)F. The first-order chi connectivity index (χ1) is 17.0. The zero-order chi connectivity index (χ0) is 26.3. The predicted octanol–water partition coefficient (Wildman–Crippen LogP) is 4.77. The van der Waals surface area contributed by atoms with Gasteiger partial charge < -0.3 is 10.1 Å². The van der Waals surface area contributed by atoms with E-state index in [1.807, 2.05) is 0 Å². The number of hydrogen-bond donors (Lipinski definition) is 1. The third kappa shape index (κ3) is 4.67. The van der Waals surface area contributed by atoms with Crippen LogP contribution < -0.4 is 15.0 Å². The summed E-state index contributed by atoms with van der Waals surface area (Å²) < 4.78 is 61.2. The third-order valence-electron chi connectivity index (χ3n) is 5.41. The Hall–Kier alpha value is -3.45. The number of anilines is 1. The number of methoxy groups -OCH3 is 1. The molecular formula is C22H19ClF4N6O2S. The van der Waals surface area contributed by atoms with E-state index in [0.29, 0.717) is 28.3 Å². The first-order valence-electron chi connectivity index (χ1n) is 10.4. The van der Waals surface area contributed by atoms with E-state index in [9.17, 15) is 22.4 Å². The summed E-state index contributed by atoms with van der Waals surface area (Å²) in [6.07, 6.45) is -3.06. The molecule has 0 atom stereocenters. The number of carbonyl (C=O) groups excluding carboxylic acids is 1.